The zero-order valence-corrected chi connectivity index (χ0v) is 14.3. The maximum Gasteiger partial charge on any atom is 0.142 e. The summed E-state index contributed by atoms with van der Waals surface area (Å²) in [6.45, 7) is 12.0. The fourth-order valence-electron chi connectivity index (χ4n) is 3.59. The lowest BCUT2D eigenvalue weighted by Crippen LogP contribution is -2.37. The van der Waals surface area contributed by atoms with Gasteiger partial charge in [0.15, 0.2) is 0 Å². The molecule has 0 amide bonds. The number of hydrogen-bond donors (Lipinski definition) is 1. The van der Waals surface area contributed by atoms with Gasteiger partial charge in [-0.05, 0) is 62.1 Å². The second-order valence-electron chi connectivity index (χ2n) is 7.01. The number of nitrogens with one attached hydrogen (secondary N) is 1. The molecular weight excluding hydrogens is 258 g/mol. The fraction of sp³-hybridized carbons (Fsp3) is 0.684. The summed E-state index contributed by atoms with van der Waals surface area (Å²) in [6.07, 6.45) is 3.97. The SMILES string of the molecule is CCOc1cc(C)ccc1NC1CC(C)CCC1C(C)C. The molecule has 1 fully saturated rings. The van der Waals surface area contributed by atoms with Crippen molar-refractivity contribution < 1.29 is 4.74 Å². The van der Waals surface area contributed by atoms with Crippen LogP contribution in [0.5, 0.6) is 5.75 Å². The van der Waals surface area contributed by atoms with Gasteiger partial charge < -0.3 is 10.1 Å². The van der Waals surface area contributed by atoms with E-state index < -0.39 is 0 Å². The predicted molar refractivity (Wildman–Crippen MR) is 91.1 cm³/mol. The number of aryl methyl sites for hydroxylation is 1. The van der Waals surface area contributed by atoms with Gasteiger partial charge in [-0.3, -0.25) is 0 Å². The summed E-state index contributed by atoms with van der Waals surface area (Å²) < 4.78 is 5.82. The number of benzene rings is 1. The topological polar surface area (TPSA) is 21.3 Å². The van der Waals surface area contributed by atoms with Crippen LogP contribution in [-0.4, -0.2) is 12.6 Å². The van der Waals surface area contributed by atoms with Crippen molar-refractivity contribution in [2.75, 3.05) is 11.9 Å². The van der Waals surface area contributed by atoms with Crippen molar-refractivity contribution in [1.82, 2.24) is 0 Å². The highest BCUT2D eigenvalue weighted by atomic mass is 16.5. The molecule has 0 aromatic heterocycles. The molecule has 1 aliphatic rings. The first-order chi connectivity index (χ1) is 10.0. The van der Waals surface area contributed by atoms with Gasteiger partial charge in [0.25, 0.3) is 0 Å². The number of rotatable bonds is 5. The minimum atomic E-state index is 0.565. The molecule has 3 unspecified atom stereocenters. The lowest BCUT2D eigenvalue weighted by Gasteiger charge is -2.38. The monoisotopic (exact) mass is 289 g/mol. The molecule has 3 atom stereocenters. The van der Waals surface area contributed by atoms with Crippen molar-refractivity contribution >= 4 is 5.69 Å². The average Bonchev–Trinajstić information content (AvgIpc) is 2.42. The van der Waals surface area contributed by atoms with Gasteiger partial charge >= 0.3 is 0 Å². The van der Waals surface area contributed by atoms with E-state index in [1.54, 1.807) is 0 Å². The highest BCUT2D eigenvalue weighted by Crippen LogP contribution is 2.37. The Hall–Kier alpha value is -1.18. The van der Waals surface area contributed by atoms with Crippen LogP contribution in [-0.2, 0) is 0 Å². The summed E-state index contributed by atoms with van der Waals surface area (Å²) in [7, 11) is 0. The molecule has 1 aliphatic carbocycles. The van der Waals surface area contributed by atoms with Crippen LogP contribution in [0.25, 0.3) is 0 Å². The smallest absolute Gasteiger partial charge is 0.142 e. The maximum absolute atomic E-state index is 5.82. The van der Waals surface area contributed by atoms with E-state index in [-0.39, 0.29) is 0 Å². The third-order valence-corrected chi connectivity index (χ3v) is 4.80. The van der Waals surface area contributed by atoms with Crippen molar-refractivity contribution in [3.05, 3.63) is 23.8 Å². The molecule has 2 nitrogen and oxygen atoms in total. The maximum atomic E-state index is 5.82. The molecule has 1 aromatic rings. The molecule has 118 valence electrons. The Bertz CT molecular complexity index is 455. The molecule has 0 spiro atoms. The molecule has 2 heteroatoms. The van der Waals surface area contributed by atoms with Gasteiger partial charge in [0.05, 0.1) is 12.3 Å². The minimum absolute atomic E-state index is 0.565. The van der Waals surface area contributed by atoms with Crippen molar-refractivity contribution in [3.8, 4) is 5.75 Å². The van der Waals surface area contributed by atoms with E-state index in [4.69, 9.17) is 4.74 Å². The van der Waals surface area contributed by atoms with Gasteiger partial charge in [-0.1, -0.05) is 33.3 Å². The summed E-state index contributed by atoms with van der Waals surface area (Å²) in [4.78, 5) is 0. The van der Waals surface area contributed by atoms with Gasteiger partial charge in [0.1, 0.15) is 5.75 Å². The lowest BCUT2D eigenvalue weighted by molar-refractivity contribution is 0.211. The molecule has 0 saturated heterocycles. The Kier molecular flexibility index (Phi) is 5.55. The van der Waals surface area contributed by atoms with E-state index in [2.05, 4.69) is 51.2 Å². The second kappa shape index (κ2) is 7.20. The van der Waals surface area contributed by atoms with Crippen molar-refractivity contribution in [1.29, 1.82) is 0 Å². The van der Waals surface area contributed by atoms with E-state index in [9.17, 15) is 0 Å². The molecule has 1 aromatic carbocycles. The van der Waals surface area contributed by atoms with E-state index >= 15 is 0 Å². The van der Waals surface area contributed by atoms with Crippen molar-refractivity contribution in [2.24, 2.45) is 17.8 Å². The van der Waals surface area contributed by atoms with Crippen LogP contribution in [0, 0.1) is 24.7 Å². The zero-order valence-electron chi connectivity index (χ0n) is 14.3. The molecule has 1 saturated carbocycles. The standard InChI is InChI=1S/C19H31NO/c1-6-21-19-12-15(5)8-10-17(19)20-18-11-14(4)7-9-16(18)13(2)3/h8,10,12-14,16,18,20H,6-7,9,11H2,1-5H3. The third kappa shape index (κ3) is 4.15. The lowest BCUT2D eigenvalue weighted by atomic mass is 9.74. The molecular formula is C19H31NO. The Labute approximate surface area is 130 Å². The first-order valence-electron chi connectivity index (χ1n) is 8.51. The van der Waals surface area contributed by atoms with E-state index in [1.165, 1.54) is 24.8 Å². The summed E-state index contributed by atoms with van der Waals surface area (Å²) in [5, 5.41) is 3.80. The van der Waals surface area contributed by atoms with Crippen molar-refractivity contribution in [3.63, 3.8) is 0 Å². The first kappa shape index (κ1) is 16.2. The van der Waals surface area contributed by atoms with Crippen LogP contribution in [0.3, 0.4) is 0 Å². The van der Waals surface area contributed by atoms with E-state index in [1.807, 2.05) is 6.92 Å². The Morgan fingerprint density at radius 1 is 1.29 bits per heavy atom. The van der Waals surface area contributed by atoms with E-state index in [0.717, 1.165) is 29.2 Å². The van der Waals surface area contributed by atoms with Gasteiger partial charge in [-0.2, -0.15) is 0 Å². The number of anilines is 1. The highest BCUT2D eigenvalue weighted by molar-refractivity contribution is 5.58. The summed E-state index contributed by atoms with van der Waals surface area (Å²) >= 11 is 0. The summed E-state index contributed by atoms with van der Waals surface area (Å²) in [6, 6.07) is 7.05. The van der Waals surface area contributed by atoms with Crippen molar-refractivity contribution in [2.45, 2.75) is 59.9 Å². The van der Waals surface area contributed by atoms with Crippen LogP contribution >= 0.6 is 0 Å². The molecule has 1 N–H and O–H groups in total. The number of ether oxygens (including phenoxy) is 1. The van der Waals surface area contributed by atoms with Gasteiger partial charge in [-0.25, -0.2) is 0 Å². The fourth-order valence-corrected chi connectivity index (χ4v) is 3.59. The first-order valence-corrected chi connectivity index (χ1v) is 8.51. The summed E-state index contributed by atoms with van der Waals surface area (Å²) in [5.74, 6) is 3.31. The second-order valence-corrected chi connectivity index (χ2v) is 7.01. The molecule has 0 radical (unpaired) electrons. The largest absolute Gasteiger partial charge is 0.492 e. The van der Waals surface area contributed by atoms with E-state index in [0.29, 0.717) is 12.6 Å². The highest BCUT2D eigenvalue weighted by Gasteiger charge is 2.31. The zero-order chi connectivity index (χ0) is 15.4. The van der Waals surface area contributed by atoms with Gasteiger partial charge in [-0.15, -0.1) is 0 Å². The molecule has 2 rings (SSSR count). The summed E-state index contributed by atoms with van der Waals surface area (Å²) in [5.41, 5.74) is 2.41. The Balaban J connectivity index is 2.18. The third-order valence-electron chi connectivity index (χ3n) is 4.80. The van der Waals surface area contributed by atoms with Crippen LogP contribution < -0.4 is 10.1 Å². The predicted octanol–water partition coefficient (Wildman–Crippen LogP) is 5.27. The quantitative estimate of drug-likeness (QED) is 0.797. The molecule has 0 bridgehead atoms. The van der Waals surface area contributed by atoms with Crippen LogP contribution in [0.2, 0.25) is 0 Å². The van der Waals surface area contributed by atoms with Crippen LogP contribution in [0.15, 0.2) is 18.2 Å². The van der Waals surface area contributed by atoms with Gasteiger partial charge in [0.2, 0.25) is 0 Å². The Morgan fingerprint density at radius 3 is 2.71 bits per heavy atom. The normalized spacial score (nSPS) is 25.9. The molecule has 0 heterocycles. The number of hydrogen-bond acceptors (Lipinski definition) is 2. The average molecular weight is 289 g/mol. The minimum Gasteiger partial charge on any atom is -0.492 e. The van der Waals surface area contributed by atoms with Crippen LogP contribution in [0.4, 0.5) is 5.69 Å². The molecule has 0 aliphatic heterocycles. The van der Waals surface area contributed by atoms with Gasteiger partial charge in [0, 0.05) is 6.04 Å². The molecule has 21 heavy (non-hydrogen) atoms. The Morgan fingerprint density at radius 2 is 2.05 bits per heavy atom. The van der Waals surface area contributed by atoms with Crippen LogP contribution in [0.1, 0.15) is 52.5 Å².